The molecule has 0 aliphatic carbocycles. The average molecular weight is 311 g/mol. The van der Waals surface area contributed by atoms with E-state index in [1.807, 2.05) is 0 Å². The van der Waals surface area contributed by atoms with Crippen molar-refractivity contribution in [3.05, 3.63) is 46.2 Å². The molecule has 2 rings (SSSR count). The van der Waals surface area contributed by atoms with Crippen LogP contribution in [-0.2, 0) is 0 Å². The summed E-state index contributed by atoms with van der Waals surface area (Å²) in [5.74, 6) is -2.73. The van der Waals surface area contributed by atoms with Crippen LogP contribution in [0, 0.1) is 0 Å². The van der Waals surface area contributed by atoms with E-state index in [9.17, 15) is 9.59 Å². The van der Waals surface area contributed by atoms with Crippen LogP contribution in [-0.4, -0.2) is 31.9 Å². The first-order valence-corrected chi connectivity index (χ1v) is 5.62. The van der Waals surface area contributed by atoms with Crippen LogP contribution in [0.5, 0.6) is 0 Å². The number of para-hydroxylation sites is 1. The number of benzene rings is 1. The summed E-state index contributed by atoms with van der Waals surface area (Å²) in [7, 11) is 0. The van der Waals surface area contributed by atoms with Gasteiger partial charge in [0.2, 0.25) is 0 Å². The second-order valence-electron chi connectivity index (χ2n) is 3.37. The zero-order chi connectivity index (χ0) is 13.3. The van der Waals surface area contributed by atoms with Gasteiger partial charge in [-0.15, -0.1) is 0 Å². The molecule has 7 heteroatoms. The van der Waals surface area contributed by atoms with Gasteiger partial charge in [-0.2, -0.15) is 5.10 Å². The highest BCUT2D eigenvalue weighted by Gasteiger charge is 2.26. The summed E-state index contributed by atoms with van der Waals surface area (Å²) in [6.45, 7) is 0. The fourth-order valence-electron chi connectivity index (χ4n) is 1.48. The van der Waals surface area contributed by atoms with Gasteiger partial charge in [-0.1, -0.05) is 18.2 Å². The minimum absolute atomic E-state index is 0.0959. The number of rotatable bonds is 3. The summed E-state index contributed by atoms with van der Waals surface area (Å²) in [4.78, 5) is 22.0. The number of hydrogen-bond acceptors (Lipinski definition) is 3. The highest BCUT2D eigenvalue weighted by atomic mass is 79.9. The van der Waals surface area contributed by atoms with E-state index in [4.69, 9.17) is 10.2 Å². The molecule has 0 radical (unpaired) electrons. The Morgan fingerprint density at radius 2 is 1.72 bits per heavy atom. The van der Waals surface area contributed by atoms with Gasteiger partial charge in [0, 0.05) is 0 Å². The monoisotopic (exact) mass is 310 g/mol. The van der Waals surface area contributed by atoms with Crippen LogP contribution in [0.2, 0.25) is 0 Å². The molecule has 2 aromatic rings. The minimum Gasteiger partial charge on any atom is -0.478 e. The van der Waals surface area contributed by atoms with Crippen LogP contribution < -0.4 is 0 Å². The van der Waals surface area contributed by atoms with Crippen molar-refractivity contribution in [3.63, 3.8) is 0 Å². The van der Waals surface area contributed by atoms with Gasteiger partial charge in [0.1, 0.15) is 10.2 Å². The molecule has 0 bridgehead atoms. The fraction of sp³-hybridized carbons (Fsp3) is 0. The molecular weight excluding hydrogens is 304 g/mol. The summed E-state index contributed by atoms with van der Waals surface area (Å²) in [6, 6.07) is 8.65. The SMILES string of the molecule is O=C(O)c1nn(-c2ccccc2)c(Br)c1C(=O)O. The first kappa shape index (κ1) is 12.3. The molecule has 1 aromatic heterocycles. The number of carboxylic acid groups (broad SMARTS) is 2. The van der Waals surface area contributed by atoms with Gasteiger partial charge < -0.3 is 10.2 Å². The van der Waals surface area contributed by atoms with Gasteiger partial charge in [0.25, 0.3) is 0 Å². The Morgan fingerprint density at radius 1 is 1.11 bits per heavy atom. The third-order valence-electron chi connectivity index (χ3n) is 2.25. The Morgan fingerprint density at radius 3 is 2.17 bits per heavy atom. The molecule has 18 heavy (non-hydrogen) atoms. The number of carboxylic acids is 2. The van der Waals surface area contributed by atoms with Crippen LogP contribution in [0.3, 0.4) is 0 Å². The van der Waals surface area contributed by atoms with Crippen LogP contribution in [0.15, 0.2) is 34.9 Å². The lowest BCUT2D eigenvalue weighted by Gasteiger charge is -2.01. The zero-order valence-corrected chi connectivity index (χ0v) is 10.5. The molecule has 0 aliphatic rings. The lowest BCUT2D eigenvalue weighted by molar-refractivity contribution is 0.0647. The number of nitrogens with zero attached hydrogens (tertiary/aromatic N) is 2. The molecule has 0 saturated heterocycles. The Balaban J connectivity index is 2.68. The number of hydrogen-bond donors (Lipinski definition) is 2. The fourth-order valence-corrected chi connectivity index (χ4v) is 2.12. The van der Waals surface area contributed by atoms with E-state index in [2.05, 4.69) is 21.0 Å². The third-order valence-corrected chi connectivity index (χ3v) is 2.98. The van der Waals surface area contributed by atoms with Gasteiger partial charge >= 0.3 is 11.9 Å². The highest BCUT2D eigenvalue weighted by Crippen LogP contribution is 2.24. The van der Waals surface area contributed by atoms with Crippen molar-refractivity contribution in [1.82, 2.24) is 9.78 Å². The standard InChI is InChI=1S/C11H7BrN2O4/c12-9-7(10(15)16)8(11(17)18)13-14(9)6-4-2-1-3-5-6/h1-5H,(H,15,16)(H,17,18). The number of halogens is 1. The Kier molecular flexibility index (Phi) is 3.15. The summed E-state index contributed by atoms with van der Waals surface area (Å²) in [6.07, 6.45) is 0. The molecule has 0 saturated carbocycles. The maximum absolute atomic E-state index is 11.0. The second-order valence-corrected chi connectivity index (χ2v) is 4.12. The van der Waals surface area contributed by atoms with Crippen molar-refractivity contribution in [2.45, 2.75) is 0 Å². The van der Waals surface area contributed by atoms with Crippen LogP contribution in [0.1, 0.15) is 20.8 Å². The number of aromatic nitrogens is 2. The van der Waals surface area contributed by atoms with E-state index in [1.54, 1.807) is 30.3 Å². The summed E-state index contributed by atoms with van der Waals surface area (Å²) < 4.78 is 1.33. The first-order chi connectivity index (χ1) is 8.52. The van der Waals surface area contributed by atoms with Crippen molar-refractivity contribution in [2.24, 2.45) is 0 Å². The van der Waals surface area contributed by atoms with E-state index in [1.165, 1.54) is 4.68 Å². The van der Waals surface area contributed by atoms with Gasteiger partial charge in [0.05, 0.1) is 5.69 Å². The minimum atomic E-state index is -1.39. The molecule has 1 heterocycles. The Hall–Kier alpha value is -2.15. The molecule has 0 fully saturated rings. The predicted octanol–water partition coefficient (Wildman–Crippen LogP) is 2.03. The topological polar surface area (TPSA) is 92.4 Å². The van der Waals surface area contributed by atoms with Gasteiger partial charge in [-0.3, -0.25) is 0 Å². The molecule has 1 aromatic carbocycles. The van der Waals surface area contributed by atoms with Crippen LogP contribution >= 0.6 is 15.9 Å². The number of carbonyl (C=O) groups is 2. The van der Waals surface area contributed by atoms with Crippen molar-refractivity contribution in [3.8, 4) is 5.69 Å². The van der Waals surface area contributed by atoms with Crippen molar-refractivity contribution in [1.29, 1.82) is 0 Å². The highest BCUT2D eigenvalue weighted by molar-refractivity contribution is 9.10. The second kappa shape index (κ2) is 4.61. The quantitative estimate of drug-likeness (QED) is 0.905. The van der Waals surface area contributed by atoms with Crippen molar-refractivity contribution < 1.29 is 19.8 Å². The lowest BCUT2D eigenvalue weighted by atomic mass is 10.2. The first-order valence-electron chi connectivity index (χ1n) is 4.83. The lowest BCUT2D eigenvalue weighted by Crippen LogP contribution is -2.06. The van der Waals surface area contributed by atoms with Crippen molar-refractivity contribution >= 4 is 27.9 Å². The summed E-state index contributed by atoms with van der Waals surface area (Å²) in [5, 5.41) is 21.7. The van der Waals surface area contributed by atoms with Crippen molar-refractivity contribution in [2.75, 3.05) is 0 Å². The molecule has 0 amide bonds. The maximum atomic E-state index is 11.0. The smallest absolute Gasteiger partial charge is 0.357 e. The molecule has 0 spiro atoms. The van der Waals surface area contributed by atoms with Crippen LogP contribution in [0.25, 0.3) is 5.69 Å². The third kappa shape index (κ3) is 2.00. The maximum Gasteiger partial charge on any atom is 0.357 e. The van der Waals surface area contributed by atoms with Crippen LogP contribution in [0.4, 0.5) is 0 Å². The Bertz CT molecular complexity index is 621. The zero-order valence-electron chi connectivity index (χ0n) is 8.87. The molecule has 92 valence electrons. The molecule has 0 aliphatic heterocycles. The molecule has 2 N–H and O–H groups in total. The van der Waals surface area contributed by atoms with Gasteiger partial charge in [-0.25, -0.2) is 14.3 Å². The van der Waals surface area contributed by atoms with Gasteiger partial charge in [0.15, 0.2) is 5.69 Å². The largest absolute Gasteiger partial charge is 0.478 e. The van der Waals surface area contributed by atoms with E-state index >= 15 is 0 Å². The normalized spacial score (nSPS) is 10.3. The number of aromatic carboxylic acids is 2. The molecule has 6 nitrogen and oxygen atoms in total. The average Bonchev–Trinajstić information content (AvgIpc) is 2.68. The van der Waals surface area contributed by atoms with E-state index in [0.717, 1.165) is 0 Å². The Labute approximate surface area is 110 Å². The summed E-state index contributed by atoms with van der Waals surface area (Å²) >= 11 is 3.06. The van der Waals surface area contributed by atoms with E-state index in [0.29, 0.717) is 5.69 Å². The molecule has 0 atom stereocenters. The van der Waals surface area contributed by atoms with Gasteiger partial charge in [-0.05, 0) is 28.1 Å². The summed E-state index contributed by atoms with van der Waals surface area (Å²) in [5.41, 5.74) is -0.302. The predicted molar refractivity (Wildman–Crippen MR) is 65.2 cm³/mol. The van der Waals surface area contributed by atoms with E-state index in [-0.39, 0.29) is 10.2 Å². The molecule has 0 unspecified atom stereocenters. The van der Waals surface area contributed by atoms with E-state index < -0.39 is 17.6 Å². The molecular formula is C11H7BrN2O4.